The summed E-state index contributed by atoms with van der Waals surface area (Å²) in [6.07, 6.45) is 4.33. The quantitative estimate of drug-likeness (QED) is 0.717. The molecule has 2 N–H and O–H groups in total. The average Bonchev–Trinajstić information content (AvgIpc) is 2.84. The second-order valence-electron chi connectivity index (χ2n) is 4.19. The van der Waals surface area contributed by atoms with Gasteiger partial charge >= 0.3 is 0 Å². The molecule has 1 unspecified atom stereocenters. The number of nitrogens with one attached hydrogen (secondary N) is 2. The molecule has 1 aliphatic rings. The molecule has 1 saturated heterocycles. The number of aryl methyl sites for hydroxylation is 1. The molecule has 0 radical (unpaired) electrons. The van der Waals surface area contributed by atoms with E-state index < -0.39 is 0 Å². The van der Waals surface area contributed by atoms with Crippen molar-refractivity contribution >= 4 is 0 Å². The molecule has 0 aliphatic carbocycles. The lowest BCUT2D eigenvalue weighted by Crippen LogP contribution is -2.18. The molecule has 84 valence electrons. The van der Waals surface area contributed by atoms with Crippen molar-refractivity contribution in [3.8, 4) is 0 Å². The number of H-pyrrole nitrogens is 1. The van der Waals surface area contributed by atoms with Gasteiger partial charge in [0.1, 0.15) is 5.82 Å². The number of ether oxygens (including phenoxy) is 1. The number of hydrogen-bond acceptors (Lipinski definition) is 3. The van der Waals surface area contributed by atoms with E-state index in [0.29, 0.717) is 0 Å². The Morgan fingerprint density at radius 1 is 1.67 bits per heavy atom. The first-order valence-corrected chi connectivity index (χ1v) is 5.63. The van der Waals surface area contributed by atoms with Crippen molar-refractivity contribution in [2.24, 2.45) is 5.92 Å². The van der Waals surface area contributed by atoms with Gasteiger partial charge in [-0.2, -0.15) is 0 Å². The van der Waals surface area contributed by atoms with Gasteiger partial charge in [0, 0.05) is 31.6 Å². The number of aromatic amines is 1. The van der Waals surface area contributed by atoms with E-state index in [1.54, 1.807) is 0 Å². The SMILES string of the molecule is Cc1ncc(CNCCC2CCOC2)[nH]1. The first-order valence-electron chi connectivity index (χ1n) is 5.63. The molecule has 0 aromatic carbocycles. The standard InChI is InChI=1S/C11H19N3O/c1-9-13-7-11(14-9)6-12-4-2-10-3-5-15-8-10/h7,10,12H,2-6,8H2,1H3,(H,13,14). The van der Waals surface area contributed by atoms with Crippen LogP contribution < -0.4 is 5.32 Å². The van der Waals surface area contributed by atoms with Gasteiger partial charge in [0.2, 0.25) is 0 Å². The van der Waals surface area contributed by atoms with Crippen LogP contribution in [0.3, 0.4) is 0 Å². The number of rotatable bonds is 5. The molecule has 2 heterocycles. The van der Waals surface area contributed by atoms with Crippen molar-refractivity contribution in [2.75, 3.05) is 19.8 Å². The molecule has 0 saturated carbocycles. The van der Waals surface area contributed by atoms with Crippen LogP contribution in [0.1, 0.15) is 24.4 Å². The number of hydrogen-bond donors (Lipinski definition) is 2. The fraction of sp³-hybridized carbons (Fsp3) is 0.727. The molecule has 1 aliphatic heterocycles. The molecule has 1 fully saturated rings. The lowest BCUT2D eigenvalue weighted by molar-refractivity contribution is 0.184. The maximum absolute atomic E-state index is 5.33. The van der Waals surface area contributed by atoms with Crippen molar-refractivity contribution < 1.29 is 4.74 Å². The summed E-state index contributed by atoms with van der Waals surface area (Å²) in [4.78, 5) is 7.36. The van der Waals surface area contributed by atoms with E-state index in [0.717, 1.165) is 43.7 Å². The van der Waals surface area contributed by atoms with Gasteiger partial charge in [0.25, 0.3) is 0 Å². The first kappa shape index (κ1) is 10.6. The van der Waals surface area contributed by atoms with Gasteiger partial charge in [-0.15, -0.1) is 0 Å². The molecule has 0 amide bonds. The third-order valence-electron chi connectivity index (χ3n) is 2.82. The molecular formula is C11H19N3O. The molecule has 1 atom stereocenters. The van der Waals surface area contributed by atoms with Crippen molar-refractivity contribution in [1.29, 1.82) is 0 Å². The Kier molecular flexibility index (Phi) is 3.75. The lowest BCUT2D eigenvalue weighted by atomic mass is 10.1. The van der Waals surface area contributed by atoms with E-state index in [4.69, 9.17) is 4.74 Å². The predicted octanol–water partition coefficient (Wildman–Crippen LogP) is 1.23. The van der Waals surface area contributed by atoms with E-state index in [1.807, 2.05) is 13.1 Å². The first-order chi connectivity index (χ1) is 7.34. The van der Waals surface area contributed by atoms with Gasteiger partial charge in [-0.05, 0) is 32.2 Å². The fourth-order valence-corrected chi connectivity index (χ4v) is 1.90. The molecule has 0 spiro atoms. The molecule has 1 aromatic rings. The summed E-state index contributed by atoms with van der Waals surface area (Å²) in [7, 11) is 0. The van der Waals surface area contributed by atoms with Crippen LogP contribution in [-0.4, -0.2) is 29.7 Å². The van der Waals surface area contributed by atoms with E-state index in [2.05, 4.69) is 15.3 Å². The molecule has 4 nitrogen and oxygen atoms in total. The topological polar surface area (TPSA) is 49.9 Å². The second-order valence-corrected chi connectivity index (χ2v) is 4.19. The average molecular weight is 209 g/mol. The molecule has 2 rings (SSSR count). The van der Waals surface area contributed by atoms with E-state index in [9.17, 15) is 0 Å². The Bertz CT molecular complexity index is 292. The molecule has 15 heavy (non-hydrogen) atoms. The smallest absolute Gasteiger partial charge is 0.103 e. The van der Waals surface area contributed by atoms with Crippen molar-refractivity contribution in [2.45, 2.75) is 26.3 Å². The van der Waals surface area contributed by atoms with Gasteiger partial charge in [-0.25, -0.2) is 4.98 Å². The van der Waals surface area contributed by atoms with E-state index in [1.165, 1.54) is 12.8 Å². The Morgan fingerprint density at radius 2 is 2.60 bits per heavy atom. The third-order valence-corrected chi connectivity index (χ3v) is 2.82. The zero-order chi connectivity index (χ0) is 10.5. The summed E-state index contributed by atoms with van der Waals surface area (Å²) in [6.45, 7) is 5.81. The normalized spacial score (nSPS) is 21.0. The maximum atomic E-state index is 5.33. The van der Waals surface area contributed by atoms with Crippen LogP contribution in [0.5, 0.6) is 0 Å². The summed E-state index contributed by atoms with van der Waals surface area (Å²) in [5.74, 6) is 1.75. The van der Waals surface area contributed by atoms with Crippen LogP contribution in [0.2, 0.25) is 0 Å². The van der Waals surface area contributed by atoms with E-state index in [-0.39, 0.29) is 0 Å². The minimum absolute atomic E-state index is 0.765. The number of nitrogens with zero attached hydrogens (tertiary/aromatic N) is 1. The Balaban J connectivity index is 1.58. The van der Waals surface area contributed by atoms with Gasteiger partial charge in [0.15, 0.2) is 0 Å². The highest BCUT2D eigenvalue weighted by Crippen LogP contribution is 2.15. The summed E-state index contributed by atoms with van der Waals surface area (Å²) in [6, 6.07) is 0. The van der Waals surface area contributed by atoms with Crippen LogP contribution in [0.25, 0.3) is 0 Å². The van der Waals surface area contributed by atoms with Crippen molar-refractivity contribution in [3.05, 3.63) is 17.7 Å². The fourth-order valence-electron chi connectivity index (χ4n) is 1.90. The van der Waals surface area contributed by atoms with Gasteiger partial charge in [0.05, 0.1) is 0 Å². The summed E-state index contributed by atoms with van der Waals surface area (Å²) >= 11 is 0. The largest absolute Gasteiger partial charge is 0.381 e. The predicted molar refractivity (Wildman–Crippen MR) is 58.6 cm³/mol. The van der Waals surface area contributed by atoms with Crippen molar-refractivity contribution in [3.63, 3.8) is 0 Å². The number of imidazole rings is 1. The Labute approximate surface area is 90.4 Å². The zero-order valence-corrected chi connectivity index (χ0v) is 9.25. The minimum Gasteiger partial charge on any atom is -0.381 e. The summed E-state index contributed by atoms with van der Waals surface area (Å²) < 4.78 is 5.33. The Hall–Kier alpha value is -0.870. The molecular weight excluding hydrogens is 190 g/mol. The Morgan fingerprint density at radius 3 is 3.27 bits per heavy atom. The number of aromatic nitrogens is 2. The van der Waals surface area contributed by atoms with Gasteiger partial charge in [-0.3, -0.25) is 0 Å². The lowest BCUT2D eigenvalue weighted by Gasteiger charge is -2.07. The van der Waals surface area contributed by atoms with Crippen LogP contribution in [0.4, 0.5) is 0 Å². The third kappa shape index (κ3) is 3.32. The van der Waals surface area contributed by atoms with E-state index >= 15 is 0 Å². The zero-order valence-electron chi connectivity index (χ0n) is 9.25. The highest BCUT2D eigenvalue weighted by Gasteiger charge is 2.14. The molecule has 1 aromatic heterocycles. The van der Waals surface area contributed by atoms with Crippen LogP contribution in [0, 0.1) is 12.8 Å². The van der Waals surface area contributed by atoms with Crippen molar-refractivity contribution in [1.82, 2.24) is 15.3 Å². The van der Waals surface area contributed by atoms with Crippen LogP contribution in [0.15, 0.2) is 6.20 Å². The van der Waals surface area contributed by atoms with Crippen LogP contribution >= 0.6 is 0 Å². The summed E-state index contributed by atoms with van der Waals surface area (Å²) in [5, 5.41) is 3.42. The van der Waals surface area contributed by atoms with Gasteiger partial charge < -0.3 is 15.0 Å². The highest BCUT2D eigenvalue weighted by atomic mass is 16.5. The van der Waals surface area contributed by atoms with Gasteiger partial charge in [-0.1, -0.05) is 0 Å². The highest BCUT2D eigenvalue weighted by molar-refractivity contribution is 4.99. The summed E-state index contributed by atoms with van der Waals surface area (Å²) in [5.41, 5.74) is 1.16. The van der Waals surface area contributed by atoms with Crippen LogP contribution in [-0.2, 0) is 11.3 Å². The minimum atomic E-state index is 0.765. The molecule has 0 bridgehead atoms. The second kappa shape index (κ2) is 5.28. The maximum Gasteiger partial charge on any atom is 0.103 e. The monoisotopic (exact) mass is 209 g/mol. The molecule has 4 heteroatoms.